The van der Waals surface area contributed by atoms with Crippen LogP contribution in [0, 0.1) is 18.8 Å². The van der Waals surface area contributed by atoms with Crippen LogP contribution in [0.25, 0.3) is 0 Å². The molecule has 0 spiro atoms. The Bertz CT molecular complexity index is 600. The van der Waals surface area contributed by atoms with E-state index in [2.05, 4.69) is 16.6 Å². The zero-order valence-electron chi connectivity index (χ0n) is 10.2. The molecule has 0 aliphatic heterocycles. The summed E-state index contributed by atoms with van der Waals surface area (Å²) in [4.78, 5) is -0.00303. The maximum Gasteiger partial charge on any atom is 0.242 e. The molecule has 0 aliphatic rings. The smallest absolute Gasteiger partial charge is 0.242 e. The molecule has 0 bridgehead atoms. The Morgan fingerprint density at radius 2 is 2.11 bits per heavy atom. The van der Waals surface area contributed by atoms with E-state index in [4.69, 9.17) is 17.3 Å². The van der Waals surface area contributed by atoms with Crippen molar-refractivity contribution in [2.45, 2.75) is 25.2 Å². The van der Waals surface area contributed by atoms with E-state index >= 15 is 0 Å². The molecule has 0 heterocycles. The maximum atomic E-state index is 12.0. The van der Waals surface area contributed by atoms with Gasteiger partial charge in [-0.05, 0) is 31.5 Å². The molecule has 0 radical (unpaired) electrons. The molecule has 0 atom stereocenters. The minimum absolute atomic E-state index is 0.00303. The molecule has 0 saturated carbocycles. The van der Waals surface area contributed by atoms with E-state index in [-0.39, 0.29) is 16.5 Å². The van der Waals surface area contributed by atoms with Crippen LogP contribution in [0.4, 0.5) is 5.69 Å². The summed E-state index contributed by atoms with van der Waals surface area (Å²) in [6, 6.07) is 2.91. The predicted octanol–water partition coefficient (Wildman–Crippen LogP) is 1.92. The van der Waals surface area contributed by atoms with Crippen molar-refractivity contribution >= 4 is 27.3 Å². The van der Waals surface area contributed by atoms with Crippen molar-refractivity contribution in [3.63, 3.8) is 0 Å². The summed E-state index contributed by atoms with van der Waals surface area (Å²) < 4.78 is 26.4. The Morgan fingerprint density at radius 1 is 1.44 bits per heavy atom. The Morgan fingerprint density at radius 3 is 2.72 bits per heavy atom. The van der Waals surface area contributed by atoms with Crippen LogP contribution in [-0.2, 0) is 10.0 Å². The van der Waals surface area contributed by atoms with Crippen molar-refractivity contribution in [2.75, 3.05) is 12.3 Å². The lowest BCUT2D eigenvalue weighted by molar-refractivity contribution is 0.582. The second-order valence-corrected chi connectivity index (χ2v) is 5.86. The van der Waals surface area contributed by atoms with E-state index in [0.29, 0.717) is 12.1 Å². The number of nitrogen functional groups attached to an aromatic ring is 1. The first kappa shape index (κ1) is 14.8. The second kappa shape index (κ2) is 6.10. The van der Waals surface area contributed by atoms with Gasteiger partial charge in [0.05, 0.1) is 5.02 Å². The zero-order chi connectivity index (χ0) is 13.8. The molecule has 18 heavy (non-hydrogen) atoms. The molecule has 98 valence electrons. The van der Waals surface area contributed by atoms with Gasteiger partial charge in [-0.3, -0.25) is 0 Å². The fourth-order valence-corrected chi connectivity index (χ4v) is 2.97. The fourth-order valence-electron chi connectivity index (χ4n) is 1.33. The Hall–Kier alpha value is -1.22. The highest BCUT2D eigenvalue weighted by Crippen LogP contribution is 2.26. The lowest BCUT2D eigenvalue weighted by atomic mass is 10.2. The number of aryl methyl sites for hydroxylation is 1. The Labute approximate surface area is 113 Å². The summed E-state index contributed by atoms with van der Waals surface area (Å²) in [6.07, 6.45) is 0.453. The quantitative estimate of drug-likeness (QED) is 0.505. The molecule has 0 amide bonds. The van der Waals surface area contributed by atoms with E-state index in [1.807, 2.05) is 0 Å². The van der Waals surface area contributed by atoms with E-state index in [1.54, 1.807) is 13.8 Å². The molecule has 1 rings (SSSR count). The lowest BCUT2D eigenvalue weighted by Crippen LogP contribution is -2.25. The van der Waals surface area contributed by atoms with Gasteiger partial charge in [0, 0.05) is 18.7 Å². The number of halogens is 1. The molecule has 0 aromatic heterocycles. The number of rotatable bonds is 4. The highest BCUT2D eigenvalue weighted by Gasteiger charge is 2.18. The summed E-state index contributed by atoms with van der Waals surface area (Å²) in [7, 11) is -3.64. The van der Waals surface area contributed by atoms with Gasteiger partial charge in [-0.15, -0.1) is 11.8 Å². The minimum Gasteiger partial charge on any atom is -0.398 e. The van der Waals surface area contributed by atoms with Crippen molar-refractivity contribution in [1.29, 1.82) is 0 Å². The van der Waals surface area contributed by atoms with Gasteiger partial charge in [-0.2, -0.15) is 0 Å². The van der Waals surface area contributed by atoms with Crippen LogP contribution >= 0.6 is 11.6 Å². The number of benzene rings is 1. The van der Waals surface area contributed by atoms with E-state index in [0.717, 1.165) is 5.56 Å². The molecule has 3 N–H and O–H groups in total. The van der Waals surface area contributed by atoms with Crippen molar-refractivity contribution in [2.24, 2.45) is 0 Å². The van der Waals surface area contributed by atoms with Crippen molar-refractivity contribution in [3.05, 3.63) is 22.7 Å². The first-order chi connectivity index (χ1) is 8.38. The van der Waals surface area contributed by atoms with Gasteiger partial charge in [0.1, 0.15) is 4.90 Å². The maximum absolute atomic E-state index is 12.0. The van der Waals surface area contributed by atoms with E-state index in [9.17, 15) is 8.42 Å². The summed E-state index contributed by atoms with van der Waals surface area (Å²) in [5.74, 6) is 5.46. The van der Waals surface area contributed by atoms with Crippen molar-refractivity contribution in [3.8, 4) is 11.8 Å². The van der Waals surface area contributed by atoms with Crippen LogP contribution in [0.3, 0.4) is 0 Å². The monoisotopic (exact) mass is 286 g/mol. The van der Waals surface area contributed by atoms with E-state index < -0.39 is 10.0 Å². The topological polar surface area (TPSA) is 72.2 Å². The largest absolute Gasteiger partial charge is 0.398 e. The third kappa shape index (κ3) is 3.64. The van der Waals surface area contributed by atoms with Gasteiger partial charge in [-0.25, -0.2) is 13.1 Å². The number of anilines is 1. The number of sulfonamides is 1. The van der Waals surface area contributed by atoms with Crippen LogP contribution in [0.5, 0.6) is 0 Å². The molecule has 0 saturated heterocycles. The number of nitrogens with two attached hydrogens (primary N) is 1. The average molecular weight is 287 g/mol. The van der Waals surface area contributed by atoms with Gasteiger partial charge in [0.15, 0.2) is 0 Å². The number of hydrogen-bond donors (Lipinski definition) is 2. The minimum atomic E-state index is -3.64. The van der Waals surface area contributed by atoms with Crippen LogP contribution < -0.4 is 10.5 Å². The van der Waals surface area contributed by atoms with Gasteiger partial charge in [0.2, 0.25) is 10.0 Å². The predicted molar refractivity (Wildman–Crippen MR) is 73.9 cm³/mol. The van der Waals surface area contributed by atoms with Crippen LogP contribution in [0.2, 0.25) is 5.02 Å². The highest BCUT2D eigenvalue weighted by atomic mass is 35.5. The second-order valence-electron chi connectivity index (χ2n) is 3.71. The van der Waals surface area contributed by atoms with Crippen LogP contribution in [0.15, 0.2) is 17.0 Å². The molecule has 0 fully saturated rings. The standard InChI is InChI=1S/C12H15ClN2O2S/c1-3-4-5-6-15-18(16,17)12-8-11(14)9(2)7-10(12)13/h7-8,15H,5-6,14H2,1-2H3. The van der Waals surface area contributed by atoms with Gasteiger partial charge < -0.3 is 5.73 Å². The third-order valence-corrected chi connectivity index (χ3v) is 4.25. The molecule has 0 aliphatic carbocycles. The first-order valence-electron chi connectivity index (χ1n) is 5.33. The summed E-state index contributed by atoms with van der Waals surface area (Å²) in [5, 5.41) is 0.163. The SMILES string of the molecule is CC#CCCNS(=O)(=O)c1cc(N)c(C)cc1Cl. The number of nitrogens with one attached hydrogen (secondary N) is 1. The average Bonchev–Trinajstić information content (AvgIpc) is 2.29. The van der Waals surface area contributed by atoms with Gasteiger partial charge in [0.25, 0.3) is 0 Å². The van der Waals surface area contributed by atoms with Crippen LogP contribution in [0.1, 0.15) is 18.9 Å². The normalized spacial score (nSPS) is 10.8. The molecule has 4 nitrogen and oxygen atoms in total. The number of hydrogen-bond acceptors (Lipinski definition) is 3. The van der Waals surface area contributed by atoms with Crippen LogP contribution in [-0.4, -0.2) is 15.0 Å². The molecular weight excluding hydrogens is 272 g/mol. The first-order valence-corrected chi connectivity index (χ1v) is 7.19. The fraction of sp³-hybridized carbons (Fsp3) is 0.333. The summed E-state index contributed by atoms with van der Waals surface area (Å²) in [5.41, 5.74) is 6.83. The van der Waals surface area contributed by atoms with E-state index in [1.165, 1.54) is 12.1 Å². The van der Waals surface area contributed by atoms with Gasteiger partial charge in [-0.1, -0.05) is 11.6 Å². The lowest BCUT2D eigenvalue weighted by Gasteiger charge is -2.09. The molecule has 1 aromatic rings. The molecular formula is C12H15ClN2O2S. The van der Waals surface area contributed by atoms with Gasteiger partial charge >= 0.3 is 0 Å². The summed E-state index contributed by atoms with van der Waals surface area (Å²) >= 11 is 5.92. The molecule has 6 heteroatoms. The summed E-state index contributed by atoms with van der Waals surface area (Å²) in [6.45, 7) is 3.71. The highest BCUT2D eigenvalue weighted by molar-refractivity contribution is 7.89. The Kier molecular flexibility index (Phi) is 5.03. The van der Waals surface area contributed by atoms with Crippen molar-refractivity contribution < 1.29 is 8.42 Å². The third-order valence-electron chi connectivity index (χ3n) is 2.33. The Balaban J connectivity index is 2.97. The zero-order valence-corrected chi connectivity index (χ0v) is 11.8. The van der Waals surface area contributed by atoms with Crippen molar-refractivity contribution in [1.82, 2.24) is 4.72 Å². The molecule has 1 aromatic carbocycles. The molecule has 0 unspecified atom stereocenters.